The number of likely N-dealkylation sites (N-methyl/N-ethyl adjacent to an activating group) is 1. The van der Waals surface area contributed by atoms with Crippen molar-refractivity contribution in [3.05, 3.63) is 29.3 Å². The number of carbonyl (C=O) groups is 1. The Morgan fingerprint density at radius 2 is 2.10 bits per heavy atom. The van der Waals surface area contributed by atoms with Crippen molar-refractivity contribution in [1.29, 1.82) is 0 Å². The summed E-state index contributed by atoms with van der Waals surface area (Å²) < 4.78 is 10.5. The maximum Gasteiger partial charge on any atom is 0.339 e. The summed E-state index contributed by atoms with van der Waals surface area (Å²) in [6.45, 7) is 8.01. The summed E-state index contributed by atoms with van der Waals surface area (Å²) in [5.41, 5.74) is 1.22. The van der Waals surface area contributed by atoms with E-state index in [9.17, 15) is 4.79 Å². The molecule has 0 aromatic heterocycles. The van der Waals surface area contributed by atoms with Gasteiger partial charge in [-0.25, -0.2) is 4.79 Å². The van der Waals surface area contributed by atoms with Gasteiger partial charge >= 0.3 is 5.97 Å². The molecule has 1 aromatic carbocycles. The number of hydrogen-bond donors (Lipinski definition) is 1. The molecule has 0 atom stereocenters. The smallest absolute Gasteiger partial charge is 0.339 e. The van der Waals surface area contributed by atoms with Crippen molar-refractivity contribution in [2.24, 2.45) is 0 Å². The minimum absolute atomic E-state index is 0.189. The molecule has 5 heteroatoms. The van der Waals surface area contributed by atoms with E-state index < -0.39 is 5.97 Å². The van der Waals surface area contributed by atoms with Crippen LogP contribution in [0.1, 0.15) is 29.8 Å². The normalized spacial score (nSPS) is 10.8. The van der Waals surface area contributed by atoms with Crippen LogP contribution in [0.25, 0.3) is 0 Å². The van der Waals surface area contributed by atoms with Crippen LogP contribution in [0.3, 0.4) is 0 Å². The number of carboxylic acids is 1. The summed E-state index contributed by atoms with van der Waals surface area (Å²) in [7, 11) is 1.48. The predicted octanol–water partition coefficient (Wildman–Crippen LogP) is 2.25. The number of nitrogens with zero attached hydrogens (tertiary/aromatic N) is 1. The Bertz CT molecular complexity index is 434. The van der Waals surface area contributed by atoms with Crippen LogP contribution >= 0.6 is 0 Å². The highest BCUT2D eigenvalue weighted by atomic mass is 16.5. The van der Waals surface area contributed by atoms with Crippen LogP contribution in [0.15, 0.2) is 18.2 Å². The van der Waals surface area contributed by atoms with Crippen molar-refractivity contribution < 1.29 is 19.4 Å². The molecule has 0 aliphatic carbocycles. The largest absolute Gasteiger partial charge is 0.496 e. The quantitative estimate of drug-likeness (QED) is 0.704. The molecule has 0 aliphatic rings. The molecule has 5 nitrogen and oxygen atoms in total. The molecule has 0 aliphatic heterocycles. The third-order valence-electron chi connectivity index (χ3n) is 3.11. The van der Waals surface area contributed by atoms with E-state index in [1.165, 1.54) is 7.11 Å². The number of hydrogen-bond acceptors (Lipinski definition) is 4. The van der Waals surface area contributed by atoms with Crippen molar-refractivity contribution in [2.45, 2.75) is 20.4 Å². The second-order valence-electron chi connectivity index (χ2n) is 4.41. The minimum atomic E-state index is -0.975. The number of carboxylic acid groups (broad SMARTS) is 1. The molecule has 0 saturated heterocycles. The van der Waals surface area contributed by atoms with Crippen LogP contribution in [0.2, 0.25) is 0 Å². The summed E-state index contributed by atoms with van der Waals surface area (Å²) in [5, 5.41) is 9.05. The molecule has 0 radical (unpaired) electrons. The van der Waals surface area contributed by atoms with E-state index in [1.54, 1.807) is 12.1 Å². The molecule has 1 rings (SSSR count). The summed E-state index contributed by atoms with van der Waals surface area (Å²) >= 11 is 0. The highest BCUT2D eigenvalue weighted by Crippen LogP contribution is 2.21. The first kappa shape index (κ1) is 16.5. The lowest BCUT2D eigenvalue weighted by atomic mass is 10.1. The zero-order valence-electron chi connectivity index (χ0n) is 12.4. The van der Waals surface area contributed by atoms with E-state index in [0.717, 1.165) is 31.8 Å². The lowest BCUT2D eigenvalue weighted by molar-refractivity contribution is 0.0693. The lowest BCUT2D eigenvalue weighted by Gasteiger charge is -2.20. The third kappa shape index (κ3) is 4.83. The molecule has 1 aromatic rings. The standard InChI is InChI=1S/C15H23NO4/c1-4-16(8-9-20-5-2)11-12-6-7-13(15(17)18)14(10-12)19-3/h6-7,10H,4-5,8-9,11H2,1-3H3,(H,17,18). The average molecular weight is 281 g/mol. The number of rotatable bonds is 9. The number of ether oxygens (including phenoxy) is 2. The van der Waals surface area contributed by atoms with Crippen LogP contribution < -0.4 is 4.74 Å². The molecule has 20 heavy (non-hydrogen) atoms. The molecule has 0 fully saturated rings. The van der Waals surface area contributed by atoms with E-state index in [-0.39, 0.29) is 5.56 Å². The Balaban J connectivity index is 2.73. The molecular weight excluding hydrogens is 258 g/mol. The van der Waals surface area contributed by atoms with Crippen LogP contribution in [-0.2, 0) is 11.3 Å². The van der Waals surface area contributed by atoms with Crippen LogP contribution in [-0.4, -0.2) is 49.4 Å². The second kappa shape index (κ2) is 8.55. The number of methoxy groups -OCH3 is 1. The number of benzene rings is 1. The zero-order valence-corrected chi connectivity index (χ0v) is 12.4. The van der Waals surface area contributed by atoms with Crippen molar-refractivity contribution in [3.63, 3.8) is 0 Å². The monoisotopic (exact) mass is 281 g/mol. The van der Waals surface area contributed by atoms with Crippen LogP contribution in [0.5, 0.6) is 5.75 Å². The molecule has 0 spiro atoms. The maximum absolute atomic E-state index is 11.0. The van der Waals surface area contributed by atoms with E-state index in [1.807, 2.05) is 13.0 Å². The van der Waals surface area contributed by atoms with E-state index in [2.05, 4.69) is 11.8 Å². The fourth-order valence-corrected chi connectivity index (χ4v) is 1.96. The topological polar surface area (TPSA) is 59.0 Å². The van der Waals surface area contributed by atoms with Gasteiger partial charge in [-0.05, 0) is 31.2 Å². The van der Waals surface area contributed by atoms with Gasteiger partial charge in [0.25, 0.3) is 0 Å². The molecule has 0 amide bonds. The average Bonchev–Trinajstić information content (AvgIpc) is 2.45. The van der Waals surface area contributed by atoms with Gasteiger partial charge < -0.3 is 14.6 Å². The van der Waals surface area contributed by atoms with Crippen molar-refractivity contribution >= 4 is 5.97 Å². The summed E-state index contributed by atoms with van der Waals surface area (Å²) in [6.07, 6.45) is 0. The van der Waals surface area contributed by atoms with Gasteiger partial charge in [0.15, 0.2) is 0 Å². The first-order valence-electron chi connectivity index (χ1n) is 6.82. The van der Waals surface area contributed by atoms with Gasteiger partial charge in [-0.15, -0.1) is 0 Å². The van der Waals surface area contributed by atoms with Gasteiger partial charge in [-0.1, -0.05) is 13.0 Å². The molecular formula is C15H23NO4. The van der Waals surface area contributed by atoms with Crippen LogP contribution in [0, 0.1) is 0 Å². The summed E-state index contributed by atoms with van der Waals surface area (Å²) in [6, 6.07) is 5.20. The highest BCUT2D eigenvalue weighted by molar-refractivity contribution is 5.90. The molecule has 0 unspecified atom stereocenters. The SMILES string of the molecule is CCOCCN(CC)Cc1ccc(C(=O)O)c(OC)c1. The zero-order chi connectivity index (χ0) is 15.0. The van der Waals surface area contributed by atoms with Crippen molar-refractivity contribution in [2.75, 3.05) is 33.4 Å². The Morgan fingerprint density at radius 1 is 1.35 bits per heavy atom. The van der Waals surface area contributed by atoms with Gasteiger partial charge in [0.2, 0.25) is 0 Å². The van der Waals surface area contributed by atoms with Gasteiger partial charge in [0.1, 0.15) is 11.3 Å². The highest BCUT2D eigenvalue weighted by Gasteiger charge is 2.12. The van der Waals surface area contributed by atoms with Crippen molar-refractivity contribution in [1.82, 2.24) is 4.90 Å². The Morgan fingerprint density at radius 3 is 2.65 bits per heavy atom. The summed E-state index contributed by atoms with van der Waals surface area (Å²) in [4.78, 5) is 13.3. The molecule has 1 N–H and O–H groups in total. The lowest BCUT2D eigenvalue weighted by Crippen LogP contribution is -2.27. The van der Waals surface area contributed by atoms with Gasteiger partial charge in [-0.3, -0.25) is 4.90 Å². The molecule has 112 valence electrons. The fraction of sp³-hybridized carbons (Fsp3) is 0.533. The molecule has 0 heterocycles. The minimum Gasteiger partial charge on any atom is -0.496 e. The van der Waals surface area contributed by atoms with Gasteiger partial charge in [0.05, 0.1) is 13.7 Å². The Kier molecular flexibility index (Phi) is 7.04. The maximum atomic E-state index is 11.0. The molecule has 0 saturated carbocycles. The fourth-order valence-electron chi connectivity index (χ4n) is 1.96. The number of aromatic carboxylic acids is 1. The Hall–Kier alpha value is -1.59. The predicted molar refractivity (Wildman–Crippen MR) is 77.4 cm³/mol. The van der Waals surface area contributed by atoms with E-state index >= 15 is 0 Å². The Labute approximate surface area is 120 Å². The van der Waals surface area contributed by atoms with Crippen LogP contribution in [0.4, 0.5) is 0 Å². The van der Waals surface area contributed by atoms with Crippen molar-refractivity contribution in [3.8, 4) is 5.75 Å². The summed E-state index contributed by atoms with van der Waals surface area (Å²) in [5.74, 6) is -0.576. The van der Waals surface area contributed by atoms with Gasteiger partial charge in [-0.2, -0.15) is 0 Å². The second-order valence-corrected chi connectivity index (χ2v) is 4.41. The third-order valence-corrected chi connectivity index (χ3v) is 3.11. The van der Waals surface area contributed by atoms with Gasteiger partial charge in [0, 0.05) is 19.7 Å². The first-order chi connectivity index (χ1) is 9.62. The first-order valence-corrected chi connectivity index (χ1v) is 6.82. The molecule has 0 bridgehead atoms. The van der Waals surface area contributed by atoms with E-state index in [0.29, 0.717) is 12.4 Å². The van der Waals surface area contributed by atoms with E-state index in [4.69, 9.17) is 14.6 Å².